The van der Waals surface area contributed by atoms with Crippen LogP contribution in [0.15, 0.2) is 4.99 Å². The van der Waals surface area contributed by atoms with Crippen LogP contribution in [0.25, 0.3) is 0 Å². The van der Waals surface area contributed by atoms with Gasteiger partial charge in [0.15, 0.2) is 11.1 Å². The molecule has 0 spiro atoms. The number of nitrogens with zero attached hydrogens (tertiary/aromatic N) is 2. The maximum Gasteiger partial charge on any atom is 0.321 e. The van der Waals surface area contributed by atoms with Crippen molar-refractivity contribution >= 4 is 28.5 Å². The van der Waals surface area contributed by atoms with Gasteiger partial charge in [-0.05, 0) is 32.6 Å². The number of aliphatic imine (C=N–C) groups is 1. The van der Waals surface area contributed by atoms with Crippen LogP contribution in [0.4, 0.5) is 9.93 Å². The molecule has 1 aliphatic rings. The third kappa shape index (κ3) is 6.05. The molecule has 23 heavy (non-hydrogen) atoms. The van der Waals surface area contributed by atoms with Crippen LogP contribution in [-0.2, 0) is 6.42 Å². The van der Waals surface area contributed by atoms with Crippen molar-refractivity contribution in [3.05, 3.63) is 10.6 Å². The number of rotatable bonds is 5. The minimum absolute atomic E-state index is 0.166. The van der Waals surface area contributed by atoms with Gasteiger partial charge in [0.2, 0.25) is 0 Å². The van der Waals surface area contributed by atoms with E-state index in [4.69, 9.17) is 11.5 Å². The van der Waals surface area contributed by atoms with Crippen LogP contribution in [0.5, 0.6) is 0 Å². The van der Waals surface area contributed by atoms with Crippen molar-refractivity contribution in [2.75, 3.05) is 12.3 Å². The number of nitrogens with two attached hydrogens (primary N) is 2. The van der Waals surface area contributed by atoms with Crippen molar-refractivity contribution in [3.63, 3.8) is 0 Å². The number of guanidine groups is 1. The number of nitrogens with one attached hydrogen (secondary N) is 2. The highest BCUT2D eigenvalue weighted by Crippen LogP contribution is 2.21. The Kier molecular flexibility index (Phi) is 6.64. The molecule has 0 aliphatic heterocycles. The molecule has 0 saturated heterocycles. The van der Waals surface area contributed by atoms with E-state index < -0.39 is 0 Å². The van der Waals surface area contributed by atoms with Crippen molar-refractivity contribution in [1.29, 1.82) is 0 Å². The average molecular weight is 338 g/mol. The highest BCUT2D eigenvalue weighted by Gasteiger charge is 2.15. The van der Waals surface area contributed by atoms with Crippen molar-refractivity contribution in [1.82, 2.24) is 15.6 Å². The number of hydrogen-bond donors (Lipinski definition) is 4. The third-order valence-electron chi connectivity index (χ3n) is 3.94. The highest BCUT2D eigenvalue weighted by molar-refractivity contribution is 7.15. The van der Waals surface area contributed by atoms with E-state index in [1.54, 1.807) is 0 Å². The first-order valence-corrected chi connectivity index (χ1v) is 8.95. The van der Waals surface area contributed by atoms with Crippen LogP contribution in [-0.4, -0.2) is 29.6 Å². The van der Waals surface area contributed by atoms with E-state index in [0.29, 0.717) is 11.7 Å². The van der Waals surface area contributed by atoms with Gasteiger partial charge in [-0.2, -0.15) is 0 Å². The lowest BCUT2D eigenvalue weighted by Crippen LogP contribution is -2.47. The number of aromatic nitrogens is 1. The molecule has 8 heteroatoms. The fraction of sp³-hybridized carbons (Fsp3) is 0.667. The molecule has 128 valence electrons. The zero-order valence-corrected chi connectivity index (χ0v) is 14.4. The number of carbonyl (C=O) groups excluding carboxylic acids is 1. The molecule has 1 aromatic heterocycles. The summed E-state index contributed by atoms with van der Waals surface area (Å²) >= 11 is 1.51. The second-order valence-corrected chi connectivity index (χ2v) is 6.98. The lowest BCUT2D eigenvalue weighted by Gasteiger charge is -2.22. The summed E-state index contributed by atoms with van der Waals surface area (Å²) in [7, 11) is 0. The quantitative estimate of drug-likeness (QED) is 0.372. The summed E-state index contributed by atoms with van der Waals surface area (Å²) in [5.74, 6) is 0.166. The molecule has 1 fully saturated rings. The fourth-order valence-corrected chi connectivity index (χ4v) is 3.62. The molecule has 7 nitrogen and oxygen atoms in total. The van der Waals surface area contributed by atoms with Gasteiger partial charge in [0.25, 0.3) is 0 Å². The molecule has 0 radical (unpaired) electrons. The van der Waals surface area contributed by atoms with E-state index in [1.165, 1.54) is 35.5 Å². The highest BCUT2D eigenvalue weighted by atomic mass is 32.1. The number of amides is 2. The van der Waals surface area contributed by atoms with Gasteiger partial charge < -0.3 is 16.8 Å². The molecule has 1 heterocycles. The molecule has 0 atom stereocenters. The van der Waals surface area contributed by atoms with Crippen molar-refractivity contribution in [2.24, 2.45) is 10.7 Å². The third-order valence-corrected chi connectivity index (χ3v) is 4.98. The second-order valence-electron chi connectivity index (χ2n) is 5.86. The van der Waals surface area contributed by atoms with Gasteiger partial charge in [0, 0.05) is 17.5 Å². The molecule has 0 aromatic carbocycles. The van der Waals surface area contributed by atoms with Crippen molar-refractivity contribution in [3.8, 4) is 0 Å². The summed E-state index contributed by atoms with van der Waals surface area (Å²) < 4.78 is 0. The van der Waals surface area contributed by atoms with E-state index in [9.17, 15) is 4.79 Å². The molecular formula is C15H26N6OS. The van der Waals surface area contributed by atoms with Gasteiger partial charge in [-0.15, -0.1) is 11.3 Å². The maximum atomic E-state index is 11.8. The van der Waals surface area contributed by atoms with E-state index in [-0.39, 0.29) is 18.0 Å². The van der Waals surface area contributed by atoms with Crippen LogP contribution in [0.2, 0.25) is 0 Å². The smallest absolute Gasteiger partial charge is 0.321 e. The topological polar surface area (TPSA) is 118 Å². The predicted molar refractivity (Wildman–Crippen MR) is 94.6 cm³/mol. The lowest BCUT2D eigenvalue weighted by molar-refractivity contribution is 0.237. The zero-order valence-electron chi connectivity index (χ0n) is 13.6. The van der Waals surface area contributed by atoms with E-state index in [1.807, 2.05) is 6.92 Å². The predicted octanol–water partition coefficient (Wildman–Crippen LogP) is 1.91. The maximum absolute atomic E-state index is 11.8. The van der Waals surface area contributed by atoms with Gasteiger partial charge in [0.05, 0.1) is 5.69 Å². The first-order valence-electron chi connectivity index (χ1n) is 8.14. The van der Waals surface area contributed by atoms with Crippen molar-refractivity contribution < 1.29 is 4.79 Å². The molecule has 1 saturated carbocycles. The Labute approximate surface area is 141 Å². The number of hydrogen-bond acceptors (Lipinski definition) is 5. The second kappa shape index (κ2) is 8.71. The Morgan fingerprint density at radius 3 is 2.78 bits per heavy atom. The van der Waals surface area contributed by atoms with Crippen LogP contribution >= 0.6 is 11.3 Å². The standard InChI is InChI=1S/C15H26N6OS/c1-10-12(23-14(17)19-10)8-5-9-18-13(16)21-15(22)20-11-6-3-2-4-7-11/h11H,2-9H2,1H3,(H2,17,19)(H4,16,18,20,21,22). The molecule has 0 bridgehead atoms. The zero-order chi connectivity index (χ0) is 16.7. The van der Waals surface area contributed by atoms with Crippen molar-refractivity contribution in [2.45, 2.75) is 57.9 Å². The molecule has 1 aliphatic carbocycles. The summed E-state index contributed by atoms with van der Waals surface area (Å²) in [5, 5.41) is 6.13. The van der Waals surface area contributed by atoms with Crippen LogP contribution in [0.3, 0.4) is 0 Å². The minimum atomic E-state index is -0.260. The van der Waals surface area contributed by atoms with Crippen LogP contribution < -0.4 is 22.1 Å². The van der Waals surface area contributed by atoms with Crippen LogP contribution in [0, 0.1) is 6.92 Å². The number of aryl methyl sites for hydroxylation is 2. The molecule has 1 aromatic rings. The molecule has 2 rings (SSSR count). The summed E-state index contributed by atoms with van der Waals surface area (Å²) in [5.41, 5.74) is 12.4. The molecular weight excluding hydrogens is 312 g/mol. The largest absolute Gasteiger partial charge is 0.375 e. The van der Waals surface area contributed by atoms with Crippen LogP contribution in [0.1, 0.15) is 49.1 Å². The summed E-state index contributed by atoms with van der Waals surface area (Å²) in [6.07, 6.45) is 7.41. The van der Waals surface area contributed by atoms with Gasteiger partial charge in [-0.3, -0.25) is 10.3 Å². The number of anilines is 1. The Balaban J connectivity index is 1.66. The number of carbonyl (C=O) groups is 1. The van der Waals surface area contributed by atoms with E-state index in [0.717, 1.165) is 31.4 Å². The number of thiazole rings is 1. The van der Waals surface area contributed by atoms with Gasteiger partial charge in [-0.25, -0.2) is 9.78 Å². The molecule has 6 N–H and O–H groups in total. The lowest BCUT2D eigenvalue weighted by atomic mass is 9.96. The summed E-state index contributed by atoms with van der Waals surface area (Å²) in [6.45, 7) is 2.52. The van der Waals surface area contributed by atoms with Gasteiger partial charge in [0.1, 0.15) is 0 Å². The monoisotopic (exact) mass is 338 g/mol. The molecule has 0 unspecified atom stereocenters. The van der Waals surface area contributed by atoms with Gasteiger partial charge >= 0.3 is 6.03 Å². The van der Waals surface area contributed by atoms with Gasteiger partial charge in [-0.1, -0.05) is 19.3 Å². The Hall–Kier alpha value is -1.83. The Bertz CT molecular complexity index is 550. The normalized spacial score (nSPS) is 16.3. The minimum Gasteiger partial charge on any atom is -0.375 e. The summed E-state index contributed by atoms with van der Waals surface area (Å²) in [4.78, 5) is 21.4. The first kappa shape index (κ1) is 17.5. The molecule has 2 amide bonds. The number of urea groups is 1. The van der Waals surface area contributed by atoms with E-state index in [2.05, 4.69) is 20.6 Å². The SMILES string of the molecule is Cc1nc(N)sc1CCCN=C(N)NC(=O)NC1CCCCC1. The average Bonchev–Trinajstić information content (AvgIpc) is 2.82. The fourth-order valence-electron chi connectivity index (χ4n) is 2.75. The Morgan fingerprint density at radius 2 is 2.13 bits per heavy atom. The Morgan fingerprint density at radius 1 is 1.39 bits per heavy atom. The van der Waals surface area contributed by atoms with E-state index >= 15 is 0 Å². The summed E-state index contributed by atoms with van der Waals surface area (Å²) in [6, 6.07) is 0.000497. The first-order chi connectivity index (χ1) is 11.0. The number of nitrogen functional groups attached to an aromatic ring is 1.